The van der Waals surface area contributed by atoms with Crippen LogP contribution in [0.5, 0.6) is 0 Å². The van der Waals surface area contributed by atoms with Crippen molar-refractivity contribution < 1.29 is 4.79 Å². The van der Waals surface area contributed by atoms with Gasteiger partial charge in [0.25, 0.3) is 0 Å². The van der Waals surface area contributed by atoms with Crippen LogP contribution in [0.4, 0.5) is 5.13 Å². The quantitative estimate of drug-likeness (QED) is 0.894. The first-order valence-corrected chi connectivity index (χ1v) is 8.09. The number of aromatic nitrogens is 1. The Hall–Kier alpha value is -1.14. The number of carbonyl (C=O) groups excluding carboxylic acids is 1. The van der Waals surface area contributed by atoms with Gasteiger partial charge in [-0.3, -0.25) is 9.69 Å². The van der Waals surface area contributed by atoms with Crippen LogP contribution in [0.1, 0.15) is 25.1 Å². The van der Waals surface area contributed by atoms with E-state index in [-0.39, 0.29) is 11.9 Å². The molecular formula is C14H24N4OS. The highest BCUT2D eigenvalue weighted by molar-refractivity contribution is 7.15. The first kappa shape index (κ1) is 15.3. The predicted molar refractivity (Wildman–Crippen MR) is 83.4 cm³/mol. The van der Waals surface area contributed by atoms with E-state index in [1.165, 1.54) is 4.88 Å². The van der Waals surface area contributed by atoms with Gasteiger partial charge in [-0.05, 0) is 20.3 Å². The second-order valence-corrected chi connectivity index (χ2v) is 6.61. The Balaban J connectivity index is 1.75. The highest BCUT2D eigenvalue weighted by Gasteiger charge is 2.20. The molecule has 1 aliphatic heterocycles. The number of amides is 1. The minimum atomic E-state index is 0.137. The van der Waals surface area contributed by atoms with Crippen molar-refractivity contribution in [1.82, 2.24) is 15.2 Å². The van der Waals surface area contributed by atoms with Crippen LogP contribution in [0.3, 0.4) is 0 Å². The minimum absolute atomic E-state index is 0.137. The third-order valence-corrected chi connectivity index (χ3v) is 4.61. The van der Waals surface area contributed by atoms with Crippen molar-refractivity contribution in [3.8, 4) is 0 Å². The van der Waals surface area contributed by atoms with Crippen LogP contribution >= 0.6 is 11.3 Å². The SMILES string of the molecule is CCC(C)NC(=O)CN1CCN(c2ncc(C)s2)CC1. The van der Waals surface area contributed by atoms with E-state index in [9.17, 15) is 4.79 Å². The van der Waals surface area contributed by atoms with Gasteiger partial charge in [0.05, 0.1) is 6.54 Å². The molecule has 0 aromatic carbocycles. The molecule has 1 aromatic heterocycles. The number of aryl methyl sites for hydroxylation is 1. The predicted octanol–water partition coefficient (Wildman–Crippen LogP) is 1.49. The lowest BCUT2D eigenvalue weighted by Gasteiger charge is -2.34. The largest absolute Gasteiger partial charge is 0.353 e. The molecule has 1 saturated heterocycles. The molecule has 1 unspecified atom stereocenters. The second kappa shape index (κ2) is 7.04. The summed E-state index contributed by atoms with van der Waals surface area (Å²) >= 11 is 1.74. The molecule has 1 amide bonds. The first-order chi connectivity index (χ1) is 9.58. The van der Waals surface area contributed by atoms with Gasteiger partial charge in [-0.25, -0.2) is 4.98 Å². The molecule has 1 aliphatic rings. The van der Waals surface area contributed by atoms with Crippen molar-refractivity contribution in [1.29, 1.82) is 0 Å². The summed E-state index contributed by atoms with van der Waals surface area (Å²) in [5, 5.41) is 4.12. The molecule has 1 N–H and O–H groups in total. The Morgan fingerprint density at radius 2 is 2.15 bits per heavy atom. The molecule has 1 fully saturated rings. The molecule has 5 nitrogen and oxygen atoms in total. The lowest BCUT2D eigenvalue weighted by atomic mass is 10.2. The van der Waals surface area contributed by atoms with Crippen LogP contribution in [-0.2, 0) is 4.79 Å². The maximum atomic E-state index is 11.9. The normalized spacial score (nSPS) is 18.1. The molecule has 0 radical (unpaired) electrons. The van der Waals surface area contributed by atoms with Crippen LogP contribution < -0.4 is 10.2 Å². The van der Waals surface area contributed by atoms with Gasteiger partial charge < -0.3 is 10.2 Å². The number of thiazole rings is 1. The zero-order valence-electron chi connectivity index (χ0n) is 12.6. The number of hydrogen-bond donors (Lipinski definition) is 1. The second-order valence-electron chi connectivity index (χ2n) is 5.39. The van der Waals surface area contributed by atoms with Crippen LogP contribution in [0.15, 0.2) is 6.20 Å². The van der Waals surface area contributed by atoms with Gasteiger partial charge in [-0.15, -0.1) is 11.3 Å². The molecule has 0 spiro atoms. The Labute approximate surface area is 125 Å². The Kier molecular flexibility index (Phi) is 5.37. The fourth-order valence-electron chi connectivity index (χ4n) is 2.21. The van der Waals surface area contributed by atoms with Gasteiger partial charge in [-0.2, -0.15) is 0 Å². The third kappa shape index (κ3) is 4.18. The summed E-state index contributed by atoms with van der Waals surface area (Å²) in [6, 6.07) is 0.266. The van der Waals surface area contributed by atoms with E-state index >= 15 is 0 Å². The van der Waals surface area contributed by atoms with Crippen LogP contribution in [0, 0.1) is 6.92 Å². The summed E-state index contributed by atoms with van der Waals surface area (Å²) in [6.07, 6.45) is 2.90. The lowest BCUT2D eigenvalue weighted by molar-refractivity contribution is -0.122. The summed E-state index contributed by atoms with van der Waals surface area (Å²) in [7, 11) is 0. The van der Waals surface area contributed by atoms with Crippen LogP contribution in [0.25, 0.3) is 0 Å². The summed E-state index contributed by atoms with van der Waals surface area (Å²) in [5.41, 5.74) is 0. The van der Waals surface area contributed by atoms with Crippen molar-refractivity contribution in [2.24, 2.45) is 0 Å². The van der Waals surface area contributed by atoms with Crippen molar-refractivity contribution in [2.75, 3.05) is 37.6 Å². The molecular weight excluding hydrogens is 272 g/mol. The first-order valence-electron chi connectivity index (χ1n) is 7.27. The molecule has 0 aliphatic carbocycles. The highest BCUT2D eigenvalue weighted by Crippen LogP contribution is 2.22. The average molecular weight is 296 g/mol. The summed E-state index contributed by atoms with van der Waals surface area (Å²) < 4.78 is 0. The van der Waals surface area contributed by atoms with Gasteiger partial charge in [0.2, 0.25) is 5.91 Å². The fraction of sp³-hybridized carbons (Fsp3) is 0.714. The van der Waals surface area contributed by atoms with E-state index in [4.69, 9.17) is 0 Å². The lowest BCUT2D eigenvalue weighted by Crippen LogP contribution is -2.50. The summed E-state index contributed by atoms with van der Waals surface area (Å²) in [6.45, 7) is 10.5. The zero-order chi connectivity index (χ0) is 14.5. The fourth-order valence-corrected chi connectivity index (χ4v) is 3.02. The average Bonchev–Trinajstić information content (AvgIpc) is 2.86. The number of anilines is 1. The van der Waals surface area contributed by atoms with Gasteiger partial charge >= 0.3 is 0 Å². The molecule has 2 heterocycles. The molecule has 2 rings (SSSR count). The molecule has 20 heavy (non-hydrogen) atoms. The Morgan fingerprint density at radius 3 is 2.70 bits per heavy atom. The van der Waals surface area contributed by atoms with E-state index in [0.29, 0.717) is 6.54 Å². The number of rotatable bonds is 5. The Bertz CT molecular complexity index is 440. The monoisotopic (exact) mass is 296 g/mol. The molecule has 112 valence electrons. The van der Waals surface area contributed by atoms with Gasteiger partial charge in [0.15, 0.2) is 5.13 Å². The molecule has 6 heteroatoms. The van der Waals surface area contributed by atoms with Crippen molar-refractivity contribution >= 4 is 22.4 Å². The van der Waals surface area contributed by atoms with E-state index in [2.05, 4.69) is 33.9 Å². The van der Waals surface area contributed by atoms with E-state index in [1.807, 2.05) is 13.1 Å². The maximum Gasteiger partial charge on any atom is 0.234 e. The van der Waals surface area contributed by atoms with Crippen molar-refractivity contribution in [3.05, 3.63) is 11.1 Å². The number of carbonyl (C=O) groups is 1. The maximum absolute atomic E-state index is 11.9. The smallest absolute Gasteiger partial charge is 0.234 e. The highest BCUT2D eigenvalue weighted by atomic mass is 32.1. The Morgan fingerprint density at radius 1 is 1.45 bits per heavy atom. The summed E-state index contributed by atoms with van der Waals surface area (Å²) in [5.74, 6) is 0.137. The topological polar surface area (TPSA) is 48.5 Å². The minimum Gasteiger partial charge on any atom is -0.353 e. The third-order valence-electron chi connectivity index (χ3n) is 3.64. The standard InChI is InChI=1S/C14H24N4OS/c1-4-11(2)16-13(19)10-17-5-7-18(8-6-17)14-15-9-12(3)20-14/h9,11H,4-8,10H2,1-3H3,(H,16,19). The number of piperazine rings is 1. The number of hydrogen-bond acceptors (Lipinski definition) is 5. The van der Waals surface area contributed by atoms with E-state index in [1.54, 1.807) is 11.3 Å². The zero-order valence-corrected chi connectivity index (χ0v) is 13.4. The molecule has 0 bridgehead atoms. The van der Waals surface area contributed by atoms with Crippen molar-refractivity contribution in [2.45, 2.75) is 33.2 Å². The van der Waals surface area contributed by atoms with Crippen molar-refractivity contribution in [3.63, 3.8) is 0 Å². The van der Waals surface area contributed by atoms with Gasteiger partial charge in [0, 0.05) is 43.3 Å². The number of nitrogens with one attached hydrogen (secondary N) is 1. The molecule has 1 atom stereocenters. The molecule has 0 saturated carbocycles. The van der Waals surface area contributed by atoms with Gasteiger partial charge in [0.1, 0.15) is 0 Å². The number of nitrogens with zero attached hydrogens (tertiary/aromatic N) is 3. The van der Waals surface area contributed by atoms with E-state index < -0.39 is 0 Å². The van der Waals surface area contributed by atoms with Crippen LogP contribution in [-0.4, -0.2) is 54.6 Å². The summed E-state index contributed by atoms with van der Waals surface area (Å²) in [4.78, 5) is 22.1. The van der Waals surface area contributed by atoms with E-state index in [0.717, 1.165) is 37.7 Å². The van der Waals surface area contributed by atoms with Crippen LogP contribution in [0.2, 0.25) is 0 Å². The molecule has 1 aromatic rings. The van der Waals surface area contributed by atoms with Gasteiger partial charge in [-0.1, -0.05) is 6.92 Å².